The van der Waals surface area contributed by atoms with E-state index in [0.717, 1.165) is 47.6 Å². The quantitative estimate of drug-likeness (QED) is 0.576. The Balaban J connectivity index is 2.32. The van der Waals surface area contributed by atoms with E-state index < -0.39 is 0 Å². The molecule has 1 aromatic carbocycles. The molecule has 2 rings (SSSR count). The first kappa shape index (κ1) is 11.2. The highest BCUT2D eigenvalue weighted by Gasteiger charge is 2.13. The van der Waals surface area contributed by atoms with Gasteiger partial charge in [0.25, 0.3) is 0 Å². The van der Waals surface area contributed by atoms with Crippen LogP contribution in [-0.4, -0.2) is 10.9 Å². The largest absolute Gasteiger partial charge is 0.411 e. The lowest BCUT2D eigenvalue weighted by atomic mass is 9.91. The van der Waals surface area contributed by atoms with Crippen molar-refractivity contribution in [1.82, 2.24) is 0 Å². The molecule has 0 radical (unpaired) electrons. The molecule has 16 heavy (non-hydrogen) atoms. The van der Waals surface area contributed by atoms with Crippen LogP contribution in [0.25, 0.3) is 6.08 Å². The van der Waals surface area contributed by atoms with Gasteiger partial charge >= 0.3 is 0 Å². The van der Waals surface area contributed by atoms with Crippen LogP contribution in [0.1, 0.15) is 31.2 Å². The van der Waals surface area contributed by atoms with Crippen LogP contribution in [0.2, 0.25) is 5.02 Å². The van der Waals surface area contributed by atoms with Crippen molar-refractivity contribution in [2.24, 2.45) is 5.16 Å². The molecule has 0 bridgehead atoms. The summed E-state index contributed by atoms with van der Waals surface area (Å²) in [5, 5.41) is 13.0. The summed E-state index contributed by atoms with van der Waals surface area (Å²) in [5.41, 5.74) is 2.88. The van der Waals surface area contributed by atoms with E-state index in [1.165, 1.54) is 0 Å². The topological polar surface area (TPSA) is 32.6 Å². The molecular formula is C13H14ClNO. The fourth-order valence-electron chi connectivity index (χ4n) is 1.96. The number of halogens is 1. The second-order valence-corrected chi connectivity index (χ2v) is 4.35. The molecule has 1 aromatic rings. The van der Waals surface area contributed by atoms with E-state index in [4.69, 9.17) is 16.8 Å². The maximum Gasteiger partial charge on any atom is 0.0827 e. The minimum Gasteiger partial charge on any atom is -0.411 e. The molecule has 3 heteroatoms. The van der Waals surface area contributed by atoms with Crippen LogP contribution in [0.3, 0.4) is 0 Å². The van der Waals surface area contributed by atoms with Gasteiger partial charge in [-0.1, -0.05) is 35.0 Å². The Morgan fingerprint density at radius 3 is 2.69 bits per heavy atom. The Hall–Kier alpha value is -1.28. The van der Waals surface area contributed by atoms with Gasteiger partial charge in [-0.15, -0.1) is 0 Å². The molecule has 1 N–H and O–H groups in total. The summed E-state index contributed by atoms with van der Waals surface area (Å²) < 4.78 is 0. The number of rotatable bonds is 1. The van der Waals surface area contributed by atoms with Crippen molar-refractivity contribution in [3.8, 4) is 0 Å². The molecule has 1 aliphatic rings. The normalized spacial score (nSPS) is 21.6. The van der Waals surface area contributed by atoms with Gasteiger partial charge in [-0.05, 0) is 49.0 Å². The highest BCUT2D eigenvalue weighted by atomic mass is 35.5. The van der Waals surface area contributed by atoms with E-state index in [1.807, 2.05) is 30.3 Å². The third-order valence-corrected chi connectivity index (χ3v) is 3.18. The first-order chi connectivity index (χ1) is 7.81. The number of benzene rings is 1. The van der Waals surface area contributed by atoms with Gasteiger partial charge in [0.05, 0.1) is 5.71 Å². The summed E-state index contributed by atoms with van der Waals surface area (Å²) in [6, 6.07) is 7.70. The number of allylic oxidation sites excluding steroid dienone is 1. The molecule has 1 fully saturated rings. The van der Waals surface area contributed by atoms with E-state index in [2.05, 4.69) is 5.16 Å². The lowest BCUT2D eigenvalue weighted by Crippen LogP contribution is -2.08. The smallest absolute Gasteiger partial charge is 0.0827 e. The van der Waals surface area contributed by atoms with Crippen molar-refractivity contribution in [1.29, 1.82) is 0 Å². The molecule has 0 aliphatic heterocycles. The van der Waals surface area contributed by atoms with Crippen LogP contribution in [0.4, 0.5) is 0 Å². The standard InChI is InChI=1S/C13H14ClNO/c14-12-7-3-1-5-10(12)9-11-6-2-4-8-13(11)15-16/h1,3,5,7,9,16H,2,4,6,8H2/b11-9?,15-13-. The third-order valence-electron chi connectivity index (χ3n) is 2.84. The Morgan fingerprint density at radius 1 is 1.19 bits per heavy atom. The zero-order chi connectivity index (χ0) is 11.4. The Morgan fingerprint density at radius 2 is 1.94 bits per heavy atom. The minimum atomic E-state index is 0.734. The van der Waals surface area contributed by atoms with Crippen molar-refractivity contribution in [2.45, 2.75) is 25.7 Å². The van der Waals surface area contributed by atoms with Gasteiger partial charge < -0.3 is 5.21 Å². The summed E-state index contributed by atoms with van der Waals surface area (Å²) in [6.07, 6.45) is 6.09. The van der Waals surface area contributed by atoms with Crippen molar-refractivity contribution in [2.75, 3.05) is 0 Å². The Labute approximate surface area is 100 Å². The van der Waals surface area contributed by atoms with Gasteiger partial charge in [-0.3, -0.25) is 0 Å². The monoisotopic (exact) mass is 235 g/mol. The molecule has 0 aromatic heterocycles. The van der Waals surface area contributed by atoms with Gasteiger partial charge in [-0.2, -0.15) is 0 Å². The minimum absolute atomic E-state index is 0.734. The molecule has 1 aliphatic carbocycles. The van der Waals surface area contributed by atoms with E-state index in [-0.39, 0.29) is 0 Å². The maximum absolute atomic E-state index is 8.92. The van der Waals surface area contributed by atoms with Crippen LogP contribution in [-0.2, 0) is 0 Å². The molecular weight excluding hydrogens is 222 g/mol. The second-order valence-electron chi connectivity index (χ2n) is 3.94. The van der Waals surface area contributed by atoms with E-state index in [9.17, 15) is 0 Å². The second kappa shape index (κ2) is 5.17. The van der Waals surface area contributed by atoms with Crippen LogP contribution in [0.15, 0.2) is 35.0 Å². The Bertz CT molecular complexity index is 437. The predicted molar refractivity (Wildman–Crippen MR) is 67.1 cm³/mol. The summed E-state index contributed by atoms with van der Waals surface area (Å²) in [6.45, 7) is 0. The van der Waals surface area contributed by atoms with Crippen LogP contribution < -0.4 is 0 Å². The highest BCUT2D eigenvalue weighted by molar-refractivity contribution is 6.32. The summed E-state index contributed by atoms with van der Waals surface area (Å²) in [5.74, 6) is 0. The SMILES string of the molecule is O/N=C1/CCCCC1=Cc1ccccc1Cl. The van der Waals surface area contributed by atoms with Gasteiger partial charge in [0.2, 0.25) is 0 Å². The van der Waals surface area contributed by atoms with E-state index in [0.29, 0.717) is 0 Å². The zero-order valence-electron chi connectivity index (χ0n) is 8.99. The number of nitrogens with zero attached hydrogens (tertiary/aromatic N) is 1. The fraction of sp³-hybridized carbons (Fsp3) is 0.308. The van der Waals surface area contributed by atoms with Gasteiger partial charge in [0, 0.05) is 5.02 Å². The number of hydrogen-bond acceptors (Lipinski definition) is 2. The number of oxime groups is 1. The predicted octanol–water partition coefficient (Wildman–Crippen LogP) is 4.13. The van der Waals surface area contributed by atoms with E-state index >= 15 is 0 Å². The molecule has 84 valence electrons. The van der Waals surface area contributed by atoms with Crippen molar-refractivity contribution in [3.63, 3.8) is 0 Å². The lowest BCUT2D eigenvalue weighted by molar-refractivity contribution is 0.316. The van der Waals surface area contributed by atoms with Crippen molar-refractivity contribution < 1.29 is 5.21 Å². The average molecular weight is 236 g/mol. The van der Waals surface area contributed by atoms with Crippen LogP contribution >= 0.6 is 11.6 Å². The first-order valence-electron chi connectivity index (χ1n) is 5.47. The molecule has 0 heterocycles. The summed E-state index contributed by atoms with van der Waals surface area (Å²) in [7, 11) is 0. The number of hydrogen-bond donors (Lipinski definition) is 1. The zero-order valence-corrected chi connectivity index (χ0v) is 9.74. The van der Waals surface area contributed by atoms with Crippen molar-refractivity contribution in [3.05, 3.63) is 40.4 Å². The Kier molecular flexibility index (Phi) is 3.62. The molecule has 0 amide bonds. The molecule has 1 saturated carbocycles. The summed E-state index contributed by atoms with van der Waals surface area (Å²) >= 11 is 6.09. The molecule has 0 atom stereocenters. The van der Waals surface area contributed by atoms with Crippen LogP contribution in [0.5, 0.6) is 0 Å². The van der Waals surface area contributed by atoms with Gasteiger partial charge in [0.15, 0.2) is 0 Å². The van der Waals surface area contributed by atoms with Gasteiger partial charge in [-0.25, -0.2) is 0 Å². The third kappa shape index (κ3) is 2.45. The molecule has 2 nitrogen and oxygen atoms in total. The summed E-state index contributed by atoms with van der Waals surface area (Å²) in [4.78, 5) is 0. The lowest BCUT2D eigenvalue weighted by Gasteiger charge is -2.15. The maximum atomic E-state index is 8.92. The van der Waals surface area contributed by atoms with E-state index in [1.54, 1.807) is 0 Å². The highest BCUT2D eigenvalue weighted by Crippen LogP contribution is 2.25. The average Bonchev–Trinajstić information content (AvgIpc) is 2.33. The van der Waals surface area contributed by atoms with Gasteiger partial charge in [0.1, 0.15) is 0 Å². The molecule has 0 spiro atoms. The van der Waals surface area contributed by atoms with Crippen LogP contribution in [0, 0.1) is 0 Å². The molecule has 0 unspecified atom stereocenters. The fourth-order valence-corrected chi connectivity index (χ4v) is 2.15. The van der Waals surface area contributed by atoms with Crippen molar-refractivity contribution >= 4 is 23.4 Å². The first-order valence-corrected chi connectivity index (χ1v) is 5.85. The molecule has 0 saturated heterocycles.